The summed E-state index contributed by atoms with van der Waals surface area (Å²) in [4.78, 5) is 25.2. The Hall–Kier alpha value is -2.86. The van der Waals surface area contributed by atoms with Gasteiger partial charge in [-0.3, -0.25) is 4.79 Å². The van der Waals surface area contributed by atoms with Crippen LogP contribution < -0.4 is 15.1 Å². The molecule has 1 aromatic carbocycles. The van der Waals surface area contributed by atoms with E-state index in [4.69, 9.17) is 0 Å². The molecule has 1 amide bonds. The number of anilines is 2. The molecule has 1 saturated heterocycles. The zero-order valence-corrected chi connectivity index (χ0v) is 22.8. The first-order valence-electron chi connectivity index (χ1n) is 13.5. The Kier molecular flexibility index (Phi) is 6.33. The molecule has 7 rings (SSSR count). The Labute approximate surface area is 226 Å². The summed E-state index contributed by atoms with van der Waals surface area (Å²) >= 11 is 0. The van der Waals surface area contributed by atoms with E-state index < -0.39 is 32.0 Å². The van der Waals surface area contributed by atoms with Crippen molar-refractivity contribution in [1.82, 2.24) is 15.3 Å². The van der Waals surface area contributed by atoms with Crippen LogP contribution in [0.5, 0.6) is 0 Å². The summed E-state index contributed by atoms with van der Waals surface area (Å²) in [5.74, 6) is -0.636. The van der Waals surface area contributed by atoms with E-state index in [0.717, 1.165) is 50.5 Å². The first-order chi connectivity index (χ1) is 18.4. The van der Waals surface area contributed by atoms with Crippen LogP contribution in [0.4, 0.5) is 20.4 Å². The highest BCUT2D eigenvalue weighted by molar-refractivity contribution is 7.90. The largest absolute Gasteiger partial charge is 0.390 e. The average Bonchev–Trinajstić information content (AvgIpc) is 2.84. The molecule has 2 aromatic rings. The summed E-state index contributed by atoms with van der Waals surface area (Å²) in [5, 5.41) is 14.0. The van der Waals surface area contributed by atoms with Crippen molar-refractivity contribution in [3.05, 3.63) is 41.7 Å². The quantitative estimate of drug-likeness (QED) is 0.573. The fourth-order valence-electron chi connectivity index (χ4n) is 7.57. The number of nitrogens with zero attached hydrogens (tertiary/aromatic N) is 4. The number of sulfone groups is 1. The molecule has 3 atom stereocenters. The van der Waals surface area contributed by atoms with Crippen LogP contribution in [-0.4, -0.2) is 73.0 Å². The van der Waals surface area contributed by atoms with Gasteiger partial charge in [-0.2, -0.15) is 0 Å². The average molecular weight is 562 g/mol. The molecule has 2 heterocycles. The van der Waals surface area contributed by atoms with Crippen LogP contribution in [0, 0.1) is 29.4 Å². The molecule has 4 bridgehead atoms. The number of carbonyl (C=O) groups excluding carboxylic acids is 1. The lowest BCUT2D eigenvalue weighted by Crippen LogP contribution is -2.61. The molecule has 39 heavy (non-hydrogen) atoms. The van der Waals surface area contributed by atoms with Crippen LogP contribution in [0.1, 0.15) is 49.5 Å². The van der Waals surface area contributed by atoms with Gasteiger partial charge in [0.25, 0.3) is 5.91 Å². The molecular weight excluding hydrogens is 528 g/mol. The second kappa shape index (κ2) is 9.36. The number of aromatic nitrogens is 2. The number of hydrogen-bond donors (Lipinski definition) is 2. The SMILES string of the molecule is C[C@@H]1CN(c2c(F)cc(S(C)(=O)=O)cc2F)CCN1c1nccc(C(=O)N[C@H]2C3CC4CC2C[C@](O)(C4)C3)n1. The van der Waals surface area contributed by atoms with E-state index >= 15 is 0 Å². The number of nitrogens with one attached hydrogen (secondary N) is 1. The Morgan fingerprint density at radius 1 is 1.13 bits per heavy atom. The van der Waals surface area contributed by atoms with Gasteiger partial charge in [0.1, 0.15) is 11.4 Å². The van der Waals surface area contributed by atoms with Crippen LogP contribution in [0.15, 0.2) is 29.3 Å². The number of hydrogen-bond acceptors (Lipinski definition) is 8. The van der Waals surface area contributed by atoms with Crippen molar-refractivity contribution >= 4 is 27.4 Å². The smallest absolute Gasteiger partial charge is 0.270 e. The van der Waals surface area contributed by atoms with E-state index in [2.05, 4.69) is 15.3 Å². The number of amides is 1. The third kappa shape index (κ3) is 4.86. The minimum atomic E-state index is -3.75. The number of piperazine rings is 1. The van der Waals surface area contributed by atoms with Gasteiger partial charge in [-0.15, -0.1) is 0 Å². The topological polar surface area (TPSA) is 116 Å². The lowest BCUT2D eigenvalue weighted by molar-refractivity contribution is -0.136. The summed E-state index contributed by atoms with van der Waals surface area (Å²) in [5.41, 5.74) is -0.571. The molecule has 2 N–H and O–H groups in total. The second-order valence-corrected chi connectivity index (χ2v) is 13.9. The Morgan fingerprint density at radius 3 is 2.38 bits per heavy atom. The molecule has 4 saturated carbocycles. The number of carbonyl (C=O) groups is 1. The normalized spacial score (nSPS) is 32.0. The minimum absolute atomic E-state index is 0.0362. The zero-order valence-electron chi connectivity index (χ0n) is 22.0. The summed E-state index contributed by atoms with van der Waals surface area (Å²) < 4.78 is 53.1. The van der Waals surface area contributed by atoms with Gasteiger partial charge in [-0.05, 0) is 75.0 Å². The van der Waals surface area contributed by atoms with Crippen molar-refractivity contribution in [2.75, 3.05) is 35.7 Å². The molecule has 9 nitrogen and oxygen atoms in total. The highest BCUT2D eigenvalue weighted by Gasteiger charge is 2.55. The standard InChI is InChI=1S/C27H33F2N5O4S/c1-15-14-33(24-20(28)9-19(10-21(24)29)39(2,37)38)5-6-34(15)26-30-4-3-22(31-26)25(35)32-23-17-7-16-8-18(23)13-27(36,11-16)12-17/h3-4,9-10,15-18,23,36H,5-8,11-14H2,1-2H3,(H,32,35)/t15-,16?,17?,18?,23-,27-/m1/s1. The molecule has 12 heteroatoms. The van der Waals surface area contributed by atoms with E-state index in [1.165, 1.54) is 0 Å². The number of halogens is 2. The molecule has 0 radical (unpaired) electrons. The van der Waals surface area contributed by atoms with Gasteiger partial charge in [0.15, 0.2) is 21.5 Å². The van der Waals surface area contributed by atoms with Gasteiger partial charge in [-0.25, -0.2) is 27.2 Å². The van der Waals surface area contributed by atoms with Gasteiger partial charge in [0.05, 0.1) is 10.5 Å². The fraction of sp³-hybridized carbons (Fsp3) is 0.593. The predicted molar refractivity (Wildman–Crippen MR) is 140 cm³/mol. The van der Waals surface area contributed by atoms with Crippen LogP contribution in [0.25, 0.3) is 0 Å². The van der Waals surface area contributed by atoms with E-state index in [9.17, 15) is 27.1 Å². The molecule has 1 aromatic heterocycles. The summed E-state index contributed by atoms with van der Waals surface area (Å²) in [6.45, 7) is 2.74. The van der Waals surface area contributed by atoms with Gasteiger partial charge in [0.2, 0.25) is 5.95 Å². The highest BCUT2D eigenvalue weighted by Crippen LogP contribution is 2.55. The van der Waals surface area contributed by atoms with Crippen molar-refractivity contribution in [3.8, 4) is 0 Å². The summed E-state index contributed by atoms with van der Waals surface area (Å²) in [7, 11) is -3.75. The van der Waals surface area contributed by atoms with Crippen molar-refractivity contribution in [3.63, 3.8) is 0 Å². The van der Waals surface area contributed by atoms with Crippen molar-refractivity contribution < 1.29 is 27.1 Å². The molecule has 1 aliphatic heterocycles. The van der Waals surface area contributed by atoms with E-state index in [0.29, 0.717) is 18.4 Å². The molecule has 5 aliphatic rings. The lowest BCUT2D eigenvalue weighted by atomic mass is 9.52. The van der Waals surface area contributed by atoms with E-state index in [1.54, 1.807) is 17.2 Å². The first-order valence-corrected chi connectivity index (χ1v) is 15.4. The van der Waals surface area contributed by atoms with Crippen LogP contribution in [0.2, 0.25) is 0 Å². The molecule has 2 unspecified atom stereocenters. The van der Waals surface area contributed by atoms with Gasteiger partial charge >= 0.3 is 0 Å². The van der Waals surface area contributed by atoms with Crippen LogP contribution in [0.3, 0.4) is 0 Å². The van der Waals surface area contributed by atoms with Crippen LogP contribution >= 0.6 is 0 Å². The molecular formula is C27H33F2N5O4S. The Morgan fingerprint density at radius 2 is 1.79 bits per heavy atom. The fourth-order valence-corrected chi connectivity index (χ4v) is 8.21. The third-order valence-corrected chi connectivity index (χ3v) is 10.1. The highest BCUT2D eigenvalue weighted by atomic mass is 32.2. The van der Waals surface area contributed by atoms with Gasteiger partial charge < -0.3 is 20.2 Å². The Balaban J connectivity index is 1.14. The third-order valence-electron chi connectivity index (χ3n) is 9.03. The van der Waals surface area contributed by atoms with Crippen LogP contribution in [-0.2, 0) is 9.84 Å². The first kappa shape index (κ1) is 26.4. The second-order valence-electron chi connectivity index (χ2n) is 11.9. The lowest BCUT2D eigenvalue weighted by Gasteiger charge is -2.58. The number of benzene rings is 1. The number of rotatable bonds is 5. The maximum Gasteiger partial charge on any atom is 0.270 e. The molecule has 5 fully saturated rings. The van der Waals surface area contributed by atoms with E-state index in [-0.39, 0.29) is 54.3 Å². The predicted octanol–water partition coefficient (Wildman–Crippen LogP) is 2.54. The summed E-state index contributed by atoms with van der Waals surface area (Å²) in [6, 6.07) is 3.07. The summed E-state index contributed by atoms with van der Waals surface area (Å²) in [6.07, 6.45) is 6.88. The van der Waals surface area contributed by atoms with Gasteiger partial charge in [-0.1, -0.05) is 0 Å². The molecule has 4 aliphatic carbocycles. The molecule has 210 valence electrons. The number of aliphatic hydroxyl groups is 1. The van der Waals surface area contributed by atoms with Gasteiger partial charge in [0, 0.05) is 44.2 Å². The monoisotopic (exact) mass is 561 g/mol. The van der Waals surface area contributed by atoms with Crippen molar-refractivity contribution in [1.29, 1.82) is 0 Å². The zero-order chi connectivity index (χ0) is 27.7. The van der Waals surface area contributed by atoms with E-state index in [1.807, 2.05) is 11.8 Å². The Bertz CT molecular complexity index is 1380. The molecule has 0 spiro atoms. The minimum Gasteiger partial charge on any atom is -0.390 e. The maximum absolute atomic E-state index is 14.8. The van der Waals surface area contributed by atoms with Crippen molar-refractivity contribution in [2.24, 2.45) is 17.8 Å². The maximum atomic E-state index is 14.8. The van der Waals surface area contributed by atoms with Crippen molar-refractivity contribution in [2.45, 2.75) is 61.6 Å².